The minimum atomic E-state index is -0.505. The van der Waals surface area contributed by atoms with Crippen molar-refractivity contribution in [3.05, 3.63) is 44.3 Å². The van der Waals surface area contributed by atoms with E-state index >= 15 is 0 Å². The molecule has 0 aliphatic heterocycles. The van der Waals surface area contributed by atoms with E-state index in [-0.39, 0.29) is 31.6 Å². The number of rotatable bonds is 2. The van der Waals surface area contributed by atoms with Crippen LogP contribution in [0.3, 0.4) is 0 Å². The van der Waals surface area contributed by atoms with Crippen LogP contribution in [0, 0.1) is 0 Å². The molecule has 0 atom stereocenters. The van der Waals surface area contributed by atoms with Gasteiger partial charge in [0.05, 0.1) is 4.47 Å². The number of hydrogen-bond acceptors (Lipinski definition) is 5. The summed E-state index contributed by atoms with van der Waals surface area (Å²) in [6.45, 7) is 0. The van der Waals surface area contributed by atoms with Crippen LogP contribution in [0.25, 0.3) is 0 Å². The Balaban J connectivity index is 2.58. The molecule has 5 nitrogen and oxygen atoms in total. The molecule has 0 bridgehead atoms. The maximum atomic E-state index is 12.4. The van der Waals surface area contributed by atoms with Crippen molar-refractivity contribution in [1.29, 1.82) is 0 Å². The fraction of sp³-hybridized carbons (Fsp3) is 0. The third-order valence-corrected chi connectivity index (χ3v) is 4.11. The number of phenols is 4. The Morgan fingerprint density at radius 2 is 1.45 bits per heavy atom. The average Bonchev–Trinajstić information content (AvgIpc) is 2.40. The summed E-state index contributed by atoms with van der Waals surface area (Å²) >= 11 is 6.15. The van der Waals surface area contributed by atoms with E-state index < -0.39 is 17.3 Å². The van der Waals surface area contributed by atoms with Gasteiger partial charge in [-0.1, -0.05) is 0 Å². The van der Waals surface area contributed by atoms with E-state index in [1.54, 1.807) is 0 Å². The Kier molecular flexibility index (Phi) is 3.92. The van der Waals surface area contributed by atoms with Gasteiger partial charge in [-0.05, 0) is 56.1 Å². The lowest BCUT2D eigenvalue weighted by atomic mass is 10.0. The summed E-state index contributed by atoms with van der Waals surface area (Å²) in [5.41, 5.74) is 0.206. The van der Waals surface area contributed by atoms with Gasteiger partial charge in [-0.25, -0.2) is 0 Å². The Morgan fingerprint density at radius 3 is 2.10 bits per heavy atom. The highest BCUT2D eigenvalue weighted by molar-refractivity contribution is 9.11. The quantitative estimate of drug-likeness (QED) is 0.455. The zero-order valence-electron chi connectivity index (χ0n) is 9.76. The van der Waals surface area contributed by atoms with Crippen LogP contribution < -0.4 is 0 Å². The minimum absolute atomic E-state index is 0.0435. The smallest absolute Gasteiger partial charge is 0.195 e. The van der Waals surface area contributed by atoms with Gasteiger partial charge < -0.3 is 20.4 Å². The van der Waals surface area contributed by atoms with Crippen molar-refractivity contribution < 1.29 is 25.2 Å². The van der Waals surface area contributed by atoms with Crippen LogP contribution >= 0.6 is 31.9 Å². The zero-order valence-corrected chi connectivity index (χ0v) is 12.9. The maximum Gasteiger partial charge on any atom is 0.195 e. The van der Waals surface area contributed by atoms with Crippen molar-refractivity contribution in [3.63, 3.8) is 0 Å². The average molecular weight is 404 g/mol. The number of hydrogen-bond donors (Lipinski definition) is 4. The fourth-order valence-electron chi connectivity index (χ4n) is 1.60. The molecule has 104 valence electrons. The Labute approximate surface area is 130 Å². The van der Waals surface area contributed by atoms with E-state index in [0.29, 0.717) is 0 Å². The third-order valence-electron chi connectivity index (χ3n) is 2.65. The van der Waals surface area contributed by atoms with E-state index in [9.17, 15) is 25.2 Å². The van der Waals surface area contributed by atoms with Gasteiger partial charge in [0.2, 0.25) is 0 Å². The number of aromatic hydroxyl groups is 4. The molecule has 0 aromatic heterocycles. The first-order valence-corrected chi connectivity index (χ1v) is 6.88. The molecule has 20 heavy (non-hydrogen) atoms. The second-order valence-electron chi connectivity index (χ2n) is 3.94. The lowest BCUT2D eigenvalue weighted by molar-refractivity contribution is 0.103. The zero-order chi connectivity index (χ0) is 15.0. The molecule has 0 fully saturated rings. The van der Waals surface area contributed by atoms with Gasteiger partial charge in [-0.15, -0.1) is 0 Å². The van der Waals surface area contributed by atoms with Crippen molar-refractivity contribution >= 4 is 37.6 Å². The van der Waals surface area contributed by atoms with Crippen LogP contribution in [0.4, 0.5) is 0 Å². The van der Waals surface area contributed by atoms with Crippen LogP contribution in [0.15, 0.2) is 33.2 Å². The normalized spacial score (nSPS) is 10.5. The summed E-state index contributed by atoms with van der Waals surface area (Å²) in [6, 6.07) is 4.81. The predicted molar refractivity (Wildman–Crippen MR) is 78.4 cm³/mol. The van der Waals surface area contributed by atoms with E-state index in [0.717, 1.165) is 6.07 Å². The summed E-state index contributed by atoms with van der Waals surface area (Å²) in [4.78, 5) is 12.4. The number of ketones is 1. The summed E-state index contributed by atoms with van der Waals surface area (Å²) in [5.74, 6) is -2.11. The Hall–Kier alpha value is -1.73. The molecule has 0 heterocycles. The molecule has 0 aliphatic rings. The third kappa shape index (κ3) is 2.46. The second-order valence-corrected chi connectivity index (χ2v) is 5.59. The molecule has 0 saturated carbocycles. The van der Waals surface area contributed by atoms with Crippen molar-refractivity contribution in [2.75, 3.05) is 0 Å². The van der Waals surface area contributed by atoms with Gasteiger partial charge in [0.1, 0.15) is 0 Å². The Morgan fingerprint density at radius 1 is 0.850 bits per heavy atom. The fourth-order valence-corrected chi connectivity index (χ4v) is 2.63. The standard InChI is InChI=1S/C13H8Br2O5/c14-7-4-10(18)9(17)3-6(7)12(19)5-1-2-8(16)13(20)11(5)15/h1-4,16-18,20H. The molecule has 2 aromatic rings. The van der Waals surface area contributed by atoms with Crippen LogP contribution in [-0.2, 0) is 0 Å². The molecule has 2 rings (SSSR count). The highest BCUT2D eigenvalue weighted by Crippen LogP contribution is 2.38. The molecule has 0 unspecified atom stereocenters. The van der Waals surface area contributed by atoms with E-state index in [2.05, 4.69) is 31.9 Å². The summed E-state index contributed by atoms with van der Waals surface area (Å²) in [7, 11) is 0. The van der Waals surface area contributed by atoms with Crippen molar-refractivity contribution in [2.24, 2.45) is 0 Å². The topological polar surface area (TPSA) is 98.0 Å². The minimum Gasteiger partial charge on any atom is -0.504 e. The second kappa shape index (κ2) is 5.34. The molecule has 0 spiro atoms. The first kappa shape index (κ1) is 14.7. The SMILES string of the molecule is O=C(c1cc(O)c(O)cc1Br)c1ccc(O)c(O)c1Br. The van der Waals surface area contributed by atoms with Gasteiger partial charge in [0.25, 0.3) is 0 Å². The number of benzene rings is 2. The molecule has 2 aromatic carbocycles. The van der Waals surface area contributed by atoms with Gasteiger partial charge in [-0.2, -0.15) is 0 Å². The summed E-state index contributed by atoms with van der Waals surface area (Å²) in [5, 5.41) is 37.7. The molecule has 7 heteroatoms. The molecule has 0 aliphatic carbocycles. The number of carbonyl (C=O) groups is 1. The van der Waals surface area contributed by atoms with Crippen molar-refractivity contribution in [3.8, 4) is 23.0 Å². The van der Waals surface area contributed by atoms with E-state index in [1.807, 2.05) is 0 Å². The summed E-state index contributed by atoms with van der Waals surface area (Å²) in [6.07, 6.45) is 0. The van der Waals surface area contributed by atoms with Crippen LogP contribution in [0.5, 0.6) is 23.0 Å². The lowest BCUT2D eigenvalue weighted by Crippen LogP contribution is -2.03. The van der Waals surface area contributed by atoms with Crippen LogP contribution in [-0.4, -0.2) is 26.2 Å². The van der Waals surface area contributed by atoms with Crippen molar-refractivity contribution in [1.82, 2.24) is 0 Å². The molecular weight excluding hydrogens is 396 g/mol. The van der Waals surface area contributed by atoms with Crippen LogP contribution in [0.1, 0.15) is 15.9 Å². The maximum absolute atomic E-state index is 12.4. The van der Waals surface area contributed by atoms with Gasteiger partial charge in [-0.3, -0.25) is 4.79 Å². The Bertz CT molecular complexity index is 708. The van der Waals surface area contributed by atoms with Gasteiger partial charge in [0, 0.05) is 15.6 Å². The molecule has 0 saturated heterocycles. The van der Waals surface area contributed by atoms with Crippen molar-refractivity contribution in [2.45, 2.75) is 0 Å². The predicted octanol–water partition coefficient (Wildman–Crippen LogP) is 3.27. The van der Waals surface area contributed by atoms with Gasteiger partial charge >= 0.3 is 0 Å². The largest absolute Gasteiger partial charge is 0.504 e. The summed E-state index contributed by atoms with van der Waals surface area (Å²) < 4.78 is 0.333. The highest BCUT2D eigenvalue weighted by atomic mass is 79.9. The monoisotopic (exact) mass is 402 g/mol. The molecule has 4 N–H and O–H groups in total. The highest BCUT2D eigenvalue weighted by Gasteiger charge is 2.20. The number of phenolic OH excluding ortho intramolecular Hbond substituents is 4. The lowest BCUT2D eigenvalue weighted by Gasteiger charge is -2.09. The number of carbonyl (C=O) groups excluding carboxylic acids is 1. The van der Waals surface area contributed by atoms with Gasteiger partial charge in [0.15, 0.2) is 28.8 Å². The molecule has 0 radical (unpaired) electrons. The molecule has 0 amide bonds. The van der Waals surface area contributed by atoms with E-state index in [1.165, 1.54) is 18.2 Å². The van der Waals surface area contributed by atoms with E-state index in [4.69, 9.17) is 0 Å². The first-order chi connectivity index (χ1) is 9.32. The first-order valence-electron chi connectivity index (χ1n) is 5.29. The van der Waals surface area contributed by atoms with Crippen LogP contribution in [0.2, 0.25) is 0 Å². The molecular formula is C13H8Br2O5. The number of halogens is 2.